The number of hydrogen-bond acceptors (Lipinski definition) is 3. The highest BCUT2D eigenvalue weighted by Crippen LogP contribution is 2.15. The van der Waals surface area contributed by atoms with Crippen LogP contribution in [0.4, 0.5) is 0 Å². The number of thioether (sulfide) groups is 1. The Morgan fingerprint density at radius 2 is 2.06 bits per heavy atom. The minimum absolute atomic E-state index is 1.05. The molecule has 0 amide bonds. The highest BCUT2D eigenvalue weighted by atomic mass is 79.9. The van der Waals surface area contributed by atoms with E-state index in [9.17, 15) is 0 Å². The summed E-state index contributed by atoms with van der Waals surface area (Å²) >= 11 is 5.41. The van der Waals surface area contributed by atoms with E-state index in [0.29, 0.717) is 0 Å². The number of aromatic nitrogens is 1. The molecule has 0 radical (unpaired) electrons. The summed E-state index contributed by atoms with van der Waals surface area (Å²) in [4.78, 5) is 6.61. The highest BCUT2D eigenvalue weighted by Gasteiger charge is 1.99. The second-order valence-corrected chi connectivity index (χ2v) is 5.61. The van der Waals surface area contributed by atoms with Gasteiger partial charge in [0, 0.05) is 34.9 Å². The molecular formula is C12H19BrN2S. The van der Waals surface area contributed by atoms with Gasteiger partial charge in [0.1, 0.15) is 0 Å². The molecule has 0 saturated carbocycles. The standard InChI is InChI=1S/C12H19BrN2S/c1-3-15(4-2)5-6-16-10-11-7-12(13)9-14-8-11/h7-9H,3-6,10H2,1-2H3. The van der Waals surface area contributed by atoms with Gasteiger partial charge < -0.3 is 4.90 Å². The minimum atomic E-state index is 1.05. The molecule has 0 atom stereocenters. The van der Waals surface area contributed by atoms with Gasteiger partial charge in [-0.2, -0.15) is 11.8 Å². The molecule has 16 heavy (non-hydrogen) atoms. The third-order valence-corrected chi connectivity index (χ3v) is 3.92. The van der Waals surface area contributed by atoms with Crippen LogP contribution >= 0.6 is 27.7 Å². The first-order chi connectivity index (χ1) is 7.76. The van der Waals surface area contributed by atoms with Crippen molar-refractivity contribution in [2.75, 3.05) is 25.4 Å². The lowest BCUT2D eigenvalue weighted by molar-refractivity contribution is 0.324. The Balaban J connectivity index is 2.20. The third kappa shape index (κ3) is 5.32. The summed E-state index contributed by atoms with van der Waals surface area (Å²) < 4.78 is 1.06. The van der Waals surface area contributed by atoms with E-state index in [1.54, 1.807) is 0 Å². The average molecular weight is 303 g/mol. The molecule has 0 saturated heterocycles. The second kappa shape index (κ2) is 8.09. The van der Waals surface area contributed by atoms with Crippen LogP contribution in [0.2, 0.25) is 0 Å². The van der Waals surface area contributed by atoms with E-state index in [1.807, 2.05) is 24.2 Å². The molecule has 0 spiro atoms. The van der Waals surface area contributed by atoms with E-state index in [-0.39, 0.29) is 0 Å². The molecule has 0 aliphatic carbocycles. The van der Waals surface area contributed by atoms with Crippen LogP contribution in [0.5, 0.6) is 0 Å². The number of nitrogens with zero attached hydrogens (tertiary/aromatic N) is 2. The molecule has 0 aliphatic rings. The van der Waals surface area contributed by atoms with Crippen molar-refractivity contribution in [1.29, 1.82) is 0 Å². The quantitative estimate of drug-likeness (QED) is 0.718. The lowest BCUT2D eigenvalue weighted by atomic mass is 10.3. The Kier molecular flexibility index (Phi) is 7.08. The largest absolute Gasteiger partial charge is 0.303 e. The van der Waals surface area contributed by atoms with Crippen molar-refractivity contribution in [1.82, 2.24) is 9.88 Å². The van der Waals surface area contributed by atoms with Crippen molar-refractivity contribution < 1.29 is 0 Å². The lowest BCUT2D eigenvalue weighted by Crippen LogP contribution is -2.25. The summed E-state index contributed by atoms with van der Waals surface area (Å²) in [6.45, 7) is 7.91. The maximum atomic E-state index is 4.16. The van der Waals surface area contributed by atoms with Gasteiger partial charge in [0.05, 0.1) is 0 Å². The van der Waals surface area contributed by atoms with E-state index >= 15 is 0 Å². The summed E-state index contributed by atoms with van der Waals surface area (Å²) in [6, 6.07) is 2.14. The number of halogens is 1. The molecule has 0 unspecified atom stereocenters. The summed E-state index contributed by atoms with van der Waals surface area (Å²) in [5.41, 5.74) is 1.29. The van der Waals surface area contributed by atoms with E-state index in [2.05, 4.69) is 45.7 Å². The topological polar surface area (TPSA) is 16.1 Å². The Hall–Kier alpha value is -0.0600. The zero-order valence-electron chi connectivity index (χ0n) is 9.95. The Bertz CT molecular complexity index is 303. The molecule has 90 valence electrons. The van der Waals surface area contributed by atoms with Crippen molar-refractivity contribution in [3.63, 3.8) is 0 Å². The molecule has 0 aliphatic heterocycles. The monoisotopic (exact) mass is 302 g/mol. The summed E-state index contributed by atoms with van der Waals surface area (Å²) in [5.74, 6) is 2.24. The van der Waals surface area contributed by atoms with Crippen LogP contribution in [0, 0.1) is 0 Å². The summed E-state index contributed by atoms with van der Waals surface area (Å²) in [6.07, 6.45) is 3.76. The molecule has 4 heteroatoms. The molecule has 0 fully saturated rings. The lowest BCUT2D eigenvalue weighted by Gasteiger charge is -2.17. The van der Waals surface area contributed by atoms with Gasteiger partial charge in [0.2, 0.25) is 0 Å². The molecule has 1 aromatic heterocycles. The number of rotatable bonds is 7. The van der Waals surface area contributed by atoms with Crippen LogP contribution in [0.25, 0.3) is 0 Å². The van der Waals surface area contributed by atoms with Crippen LogP contribution in [0.1, 0.15) is 19.4 Å². The van der Waals surface area contributed by atoms with Crippen LogP contribution in [0.15, 0.2) is 22.9 Å². The second-order valence-electron chi connectivity index (χ2n) is 3.59. The Morgan fingerprint density at radius 3 is 2.69 bits per heavy atom. The van der Waals surface area contributed by atoms with Gasteiger partial charge in [-0.25, -0.2) is 0 Å². The van der Waals surface area contributed by atoms with Crippen LogP contribution < -0.4 is 0 Å². The Morgan fingerprint density at radius 1 is 1.31 bits per heavy atom. The predicted octanol–water partition coefficient (Wildman–Crippen LogP) is 3.42. The fourth-order valence-corrected chi connectivity index (χ4v) is 2.80. The maximum absolute atomic E-state index is 4.16. The van der Waals surface area contributed by atoms with Crippen molar-refractivity contribution in [2.24, 2.45) is 0 Å². The zero-order chi connectivity index (χ0) is 11.8. The molecule has 1 heterocycles. The number of hydrogen-bond donors (Lipinski definition) is 0. The molecule has 2 nitrogen and oxygen atoms in total. The fourth-order valence-electron chi connectivity index (χ4n) is 1.46. The van der Waals surface area contributed by atoms with Crippen LogP contribution in [0.3, 0.4) is 0 Å². The van der Waals surface area contributed by atoms with E-state index < -0.39 is 0 Å². The first kappa shape index (κ1) is 14.0. The SMILES string of the molecule is CCN(CC)CCSCc1cncc(Br)c1. The normalized spacial score (nSPS) is 11.0. The van der Waals surface area contributed by atoms with Gasteiger partial charge in [-0.1, -0.05) is 13.8 Å². The minimum Gasteiger partial charge on any atom is -0.303 e. The van der Waals surface area contributed by atoms with Gasteiger partial charge in [0.15, 0.2) is 0 Å². The molecule has 0 aromatic carbocycles. The maximum Gasteiger partial charge on any atom is 0.0410 e. The van der Waals surface area contributed by atoms with Gasteiger partial charge in [0.25, 0.3) is 0 Å². The first-order valence-corrected chi connectivity index (χ1v) is 7.60. The molecule has 0 N–H and O–H groups in total. The van der Waals surface area contributed by atoms with Gasteiger partial charge in [-0.05, 0) is 40.6 Å². The predicted molar refractivity (Wildman–Crippen MR) is 75.9 cm³/mol. The molecule has 0 bridgehead atoms. The van der Waals surface area contributed by atoms with E-state index in [0.717, 1.165) is 23.3 Å². The fraction of sp³-hybridized carbons (Fsp3) is 0.583. The average Bonchev–Trinajstić information content (AvgIpc) is 2.29. The van der Waals surface area contributed by atoms with Crippen LogP contribution in [-0.2, 0) is 5.75 Å². The number of pyridine rings is 1. The molecule has 1 aromatic rings. The third-order valence-electron chi connectivity index (χ3n) is 2.48. The summed E-state index contributed by atoms with van der Waals surface area (Å²) in [7, 11) is 0. The van der Waals surface area contributed by atoms with E-state index in [4.69, 9.17) is 0 Å². The van der Waals surface area contributed by atoms with Crippen LogP contribution in [-0.4, -0.2) is 35.3 Å². The highest BCUT2D eigenvalue weighted by molar-refractivity contribution is 9.10. The van der Waals surface area contributed by atoms with Gasteiger partial charge >= 0.3 is 0 Å². The van der Waals surface area contributed by atoms with Gasteiger partial charge in [-0.15, -0.1) is 0 Å². The molecular weight excluding hydrogens is 284 g/mol. The van der Waals surface area contributed by atoms with Crippen molar-refractivity contribution in [3.8, 4) is 0 Å². The molecule has 1 rings (SSSR count). The smallest absolute Gasteiger partial charge is 0.0410 e. The van der Waals surface area contributed by atoms with Crippen molar-refractivity contribution in [2.45, 2.75) is 19.6 Å². The van der Waals surface area contributed by atoms with E-state index in [1.165, 1.54) is 17.9 Å². The van der Waals surface area contributed by atoms with Crippen molar-refractivity contribution >= 4 is 27.7 Å². The Labute approximate surface area is 111 Å². The zero-order valence-corrected chi connectivity index (χ0v) is 12.4. The first-order valence-electron chi connectivity index (χ1n) is 5.65. The summed E-state index contributed by atoms with van der Waals surface area (Å²) in [5, 5.41) is 0. The van der Waals surface area contributed by atoms with Crippen molar-refractivity contribution in [3.05, 3.63) is 28.5 Å². The van der Waals surface area contributed by atoms with Gasteiger partial charge in [-0.3, -0.25) is 4.98 Å².